The van der Waals surface area contributed by atoms with Gasteiger partial charge in [0.15, 0.2) is 0 Å². The van der Waals surface area contributed by atoms with E-state index in [1.54, 1.807) is 6.07 Å². The summed E-state index contributed by atoms with van der Waals surface area (Å²) in [6.07, 6.45) is 2.12. The van der Waals surface area contributed by atoms with Crippen LogP contribution in [0.1, 0.15) is 41.6 Å². The lowest BCUT2D eigenvalue weighted by molar-refractivity contribution is -0.142. The molecule has 2 saturated heterocycles. The summed E-state index contributed by atoms with van der Waals surface area (Å²) in [6.45, 7) is 6.37. The molecule has 168 valence electrons. The molecule has 0 saturated carbocycles. The van der Waals surface area contributed by atoms with Gasteiger partial charge in [0.2, 0.25) is 5.91 Å². The van der Waals surface area contributed by atoms with E-state index in [2.05, 4.69) is 15.1 Å². The summed E-state index contributed by atoms with van der Waals surface area (Å²) in [5.74, 6) is -1.96. The Labute approximate surface area is 182 Å². The van der Waals surface area contributed by atoms with E-state index in [4.69, 9.17) is 5.73 Å². The van der Waals surface area contributed by atoms with Gasteiger partial charge in [-0.15, -0.1) is 0 Å². The fraction of sp³-hybridized carbons (Fsp3) is 0.591. The van der Waals surface area contributed by atoms with Gasteiger partial charge < -0.3 is 26.0 Å². The number of hydrogen-bond donors (Lipinski definition) is 3. The first-order valence-electron chi connectivity index (χ1n) is 11.1. The second-order valence-electron chi connectivity index (χ2n) is 8.60. The highest BCUT2D eigenvalue weighted by atomic mass is 16.4. The molecule has 9 heteroatoms. The highest BCUT2D eigenvalue weighted by Gasteiger charge is 2.38. The summed E-state index contributed by atoms with van der Waals surface area (Å²) in [5, 5.41) is 13.0. The number of carbonyl (C=O) groups excluding carboxylic acids is 2. The number of aliphatic carboxylic acids is 1. The molecule has 4 N–H and O–H groups in total. The molecule has 2 fully saturated rings. The molecule has 1 aromatic rings. The van der Waals surface area contributed by atoms with Gasteiger partial charge in [-0.2, -0.15) is 0 Å². The van der Waals surface area contributed by atoms with Crippen molar-refractivity contribution in [2.24, 2.45) is 5.73 Å². The van der Waals surface area contributed by atoms with Gasteiger partial charge in [0.05, 0.1) is 0 Å². The molecule has 9 nitrogen and oxygen atoms in total. The first kappa shape index (κ1) is 21.6. The summed E-state index contributed by atoms with van der Waals surface area (Å²) in [4.78, 5) is 42.2. The number of carbonyl (C=O) groups is 3. The Kier molecular flexibility index (Phi) is 6.43. The molecule has 3 aliphatic rings. The Morgan fingerprint density at radius 2 is 1.87 bits per heavy atom. The van der Waals surface area contributed by atoms with E-state index in [0.29, 0.717) is 11.6 Å². The van der Waals surface area contributed by atoms with E-state index in [1.807, 2.05) is 12.1 Å². The van der Waals surface area contributed by atoms with E-state index < -0.39 is 17.9 Å². The van der Waals surface area contributed by atoms with Gasteiger partial charge in [-0.25, -0.2) is 4.79 Å². The second-order valence-corrected chi connectivity index (χ2v) is 8.60. The standard InChI is InChI=1S/C22H31N5O4/c23-20(28)5-4-19(22(30)31)27-14-17-16(21(27)29)2-1-3-18(17)26-10-6-15(7-11-26)25-12-8-24-9-13-25/h1-3,15,19,24H,4-14H2,(H2,23,28)(H,30,31). The number of benzene rings is 1. The van der Waals surface area contributed by atoms with Crippen LogP contribution in [0.3, 0.4) is 0 Å². The Morgan fingerprint density at radius 3 is 2.52 bits per heavy atom. The molecule has 0 radical (unpaired) electrons. The normalized spacial score (nSPS) is 21.2. The van der Waals surface area contributed by atoms with Crippen LogP contribution in [0, 0.1) is 0 Å². The average Bonchev–Trinajstić information content (AvgIpc) is 3.11. The van der Waals surface area contributed by atoms with Crippen LogP contribution in [0.25, 0.3) is 0 Å². The van der Waals surface area contributed by atoms with Crippen molar-refractivity contribution in [1.82, 2.24) is 15.1 Å². The lowest BCUT2D eigenvalue weighted by Gasteiger charge is -2.41. The Hall–Kier alpha value is -2.65. The summed E-state index contributed by atoms with van der Waals surface area (Å²) in [6, 6.07) is 5.20. The van der Waals surface area contributed by atoms with Crippen LogP contribution in [-0.2, 0) is 16.1 Å². The molecule has 4 rings (SSSR count). The second kappa shape index (κ2) is 9.23. The van der Waals surface area contributed by atoms with Gasteiger partial charge >= 0.3 is 5.97 Å². The van der Waals surface area contributed by atoms with E-state index in [1.165, 1.54) is 4.90 Å². The van der Waals surface area contributed by atoms with Gasteiger partial charge in [0.1, 0.15) is 6.04 Å². The van der Waals surface area contributed by atoms with Crippen LogP contribution in [-0.4, -0.2) is 84.0 Å². The lowest BCUT2D eigenvalue weighted by Crippen LogP contribution is -2.52. The van der Waals surface area contributed by atoms with Gasteiger partial charge in [-0.1, -0.05) is 6.07 Å². The van der Waals surface area contributed by atoms with Crippen molar-refractivity contribution in [3.05, 3.63) is 29.3 Å². The highest BCUT2D eigenvalue weighted by Crippen LogP contribution is 2.35. The molecule has 31 heavy (non-hydrogen) atoms. The van der Waals surface area contributed by atoms with Gasteiger partial charge in [0, 0.05) is 75.1 Å². The number of hydrogen-bond acceptors (Lipinski definition) is 6. The van der Waals surface area contributed by atoms with Crippen molar-refractivity contribution in [3.63, 3.8) is 0 Å². The van der Waals surface area contributed by atoms with Crippen LogP contribution in [0.2, 0.25) is 0 Å². The number of rotatable bonds is 7. The summed E-state index contributed by atoms with van der Waals surface area (Å²) in [7, 11) is 0. The number of carboxylic acid groups (broad SMARTS) is 1. The van der Waals surface area contributed by atoms with Crippen LogP contribution < -0.4 is 16.0 Å². The third-order valence-electron chi connectivity index (χ3n) is 6.77. The fourth-order valence-corrected chi connectivity index (χ4v) is 5.10. The van der Waals surface area contributed by atoms with Crippen LogP contribution >= 0.6 is 0 Å². The van der Waals surface area contributed by atoms with Crippen molar-refractivity contribution in [2.75, 3.05) is 44.2 Å². The maximum Gasteiger partial charge on any atom is 0.326 e. The number of primary amides is 1. The minimum Gasteiger partial charge on any atom is -0.480 e. The summed E-state index contributed by atoms with van der Waals surface area (Å²) >= 11 is 0. The maximum absolute atomic E-state index is 13.0. The van der Waals surface area contributed by atoms with E-state index in [0.717, 1.165) is 63.4 Å². The molecule has 0 spiro atoms. The van der Waals surface area contributed by atoms with Gasteiger partial charge in [-0.05, 0) is 31.4 Å². The minimum absolute atomic E-state index is 0.0236. The number of nitrogens with two attached hydrogens (primary N) is 1. The van der Waals surface area contributed by atoms with Crippen LogP contribution in [0.15, 0.2) is 18.2 Å². The quantitative estimate of drug-likeness (QED) is 0.568. The van der Waals surface area contributed by atoms with E-state index in [9.17, 15) is 19.5 Å². The topological polar surface area (TPSA) is 119 Å². The molecule has 1 aromatic carbocycles. The van der Waals surface area contributed by atoms with E-state index >= 15 is 0 Å². The third-order valence-corrected chi connectivity index (χ3v) is 6.77. The molecule has 3 heterocycles. The van der Waals surface area contributed by atoms with E-state index in [-0.39, 0.29) is 25.3 Å². The SMILES string of the molecule is NC(=O)CCC(C(=O)O)N1Cc2c(cccc2N2CCC(N3CCNCC3)CC2)C1=O. The zero-order valence-electron chi connectivity index (χ0n) is 17.8. The van der Waals surface area contributed by atoms with Crippen molar-refractivity contribution in [2.45, 2.75) is 44.3 Å². The summed E-state index contributed by atoms with van der Waals surface area (Å²) < 4.78 is 0. The molecule has 1 unspecified atom stereocenters. The number of carboxylic acids is 1. The predicted molar refractivity (Wildman–Crippen MR) is 116 cm³/mol. The van der Waals surface area contributed by atoms with Crippen molar-refractivity contribution < 1.29 is 19.5 Å². The number of anilines is 1. The number of nitrogens with zero attached hydrogens (tertiary/aromatic N) is 3. The number of amides is 2. The first-order valence-corrected chi connectivity index (χ1v) is 11.1. The molecule has 3 aliphatic heterocycles. The van der Waals surface area contributed by atoms with Crippen LogP contribution in [0.4, 0.5) is 5.69 Å². The summed E-state index contributed by atoms with van der Waals surface area (Å²) in [5.41, 5.74) is 7.67. The van der Waals surface area contributed by atoms with Crippen LogP contribution in [0.5, 0.6) is 0 Å². The smallest absolute Gasteiger partial charge is 0.326 e. The van der Waals surface area contributed by atoms with Crippen molar-refractivity contribution in [1.29, 1.82) is 0 Å². The van der Waals surface area contributed by atoms with Gasteiger partial charge in [-0.3, -0.25) is 14.5 Å². The zero-order chi connectivity index (χ0) is 22.0. The molecular weight excluding hydrogens is 398 g/mol. The number of nitrogens with one attached hydrogen (secondary N) is 1. The van der Waals surface area contributed by atoms with Gasteiger partial charge in [0.25, 0.3) is 5.91 Å². The third kappa shape index (κ3) is 4.52. The lowest BCUT2D eigenvalue weighted by atomic mass is 9.99. The minimum atomic E-state index is -1.11. The number of piperidine rings is 1. The first-order chi connectivity index (χ1) is 15.0. The highest BCUT2D eigenvalue weighted by molar-refractivity contribution is 6.02. The Bertz CT molecular complexity index is 846. The molecule has 0 aromatic heterocycles. The molecule has 0 aliphatic carbocycles. The molecule has 0 bridgehead atoms. The number of fused-ring (bicyclic) bond motifs is 1. The monoisotopic (exact) mass is 429 g/mol. The zero-order valence-corrected chi connectivity index (χ0v) is 17.8. The fourth-order valence-electron chi connectivity index (χ4n) is 5.10. The number of piperazine rings is 1. The van der Waals surface area contributed by atoms with Crippen molar-refractivity contribution >= 4 is 23.5 Å². The predicted octanol–water partition coefficient (Wildman–Crippen LogP) is 0.235. The Balaban J connectivity index is 1.47. The molecule has 2 amide bonds. The Morgan fingerprint density at radius 1 is 1.16 bits per heavy atom. The maximum atomic E-state index is 13.0. The van der Waals surface area contributed by atoms with Crippen molar-refractivity contribution in [3.8, 4) is 0 Å². The largest absolute Gasteiger partial charge is 0.480 e. The molecule has 1 atom stereocenters. The average molecular weight is 430 g/mol. The molecular formula is C22H31N5O4.